The number of benzene rings is 1. The summed E-state index contributed by atoms with van der Waals surface area (Å²) in [5.74, 6) is 0.694. The first kappa shape index (κ1) is 14.3. The third-order valence-corrected chi connectivity index (χ3v) is 4.49. The highest BCUT2D eigenvalue weighted by Gasteiger charge is 2.16. The number of rotatable bonds is 5. The van der Waals surface area contributed by atoms with Crippen molar-refractivity contribution >= 4 is 31.6 Å². The lowest BCUT2D eigenvalue weighted by Gasteiger charge is -2.12. The Hall–Kier alpha value is -0.750. The van der Waals surface area contributed by atoms with Gasteiger partial charge < -0.3 is 4.74 Å². The van der Waals surface area contributed by atoms with Crippen molar-refractivity contribution in [2.45, 2.75) is 26.0 Å². The number of ether oxygens (including phenoxy) is 1. The van der Waals surface area contributed by atoms with Crippen molar-refractivity contribution in [3.8, 4) is 5.75 Å². The Labute approximate surface area is 111 Å². The summed E-state index contributed by atoms with van der Waals surface area (Å²) in [6.45, 7) is 5.72. The first-order chi connectivity index (χ1) is 7.86. The Balaban J connectivity index is 2.92. The van der Waals surface area contributed by atoms with Crippen LogP contribution in [-0.2, 0) is 10.0 Å². The van der Waals surface area contributed by atoms with Gasteiger partial charge in [0.05, 0.1) is 16.3 Å². The molecule has 0 amide bonds. The molecular weight excluding hydrogens is 306 g/mol. The molecule has 0 saturated heterocycles. The minimum Gasteiger partial charge on any atom is -0.493 e. The number of hydrogen-bond acceptors (Lipinski definition) is 3. The normalized spacial score (nSPS) is 11.6. The summed E-state index contributed by atoms with van der Waals surface area (Å²) in [6.07, 6.45) is 0. The number of nitrogens with one attached hydrogen (secondary N) is 1. The summed E-state index contributed by atoms with van der Waals surface area (Å²) in [7, 11) is -3.30. The fraction of sp³-hybridized carbons (Fsp3) is 0.455. The third kappa shape index (κ3) is 3.89. The van der Waals surface area contributed by atoms with Gasteiger partial charge in [0.2, 0.25) is 10.0 Å². The van der Waals surface area contributed by atoms with Crippen molar-refractivity contribution in [1.82, 2.24) is 0 Å². The van der Waals surface area contributed by atoms with E-state index in [1.54, 1.807) is 32.0 Å². The summed E-state index contributed by atoms with van der Waals surface area (Å²) in [4.78, 5) is 0. The van der Waals surface area contributed by atoms with Crippen molar-refractivity contribution < 1.29 is 13.2 Å². The first-order valence-corrected chi connectivity index (χ1v) is 7.64. The lowest BCUT2D eigenvalue weighted by atomic mass is 10.3. The maximum Gasteiger partial charge on any atom is 0.235 e. The lowest BCUT2D eigenvalue weighted by Crippen LogP contribution is -2.22. The number of hydrogen-bond donors (Lipinski definition) is 1. The van der Waals surface area contributed by atoms with E-state index in [-0.39, 0.29) is 0 Å². The SMILES string of the molecule is CCOc1ccc(NS(=O)(=O)C(C)C)cc1Br. The van der Waals surface area contributed by atoms with Crippen molar-refractivity contribution in [3.05, 3.63) is 22.7 Å². The molecule has 0 bridgehead atoms. The number of halogens is 1. The molecule has 0 fully saturated rings. The zero-order valence-corrected chi connectivity index (χ0v) is 12.4. The average Bonchev–Trinajstić information content (AvgIpc) is 2.21. The van der Waals surface area contributed by atoms with Crippen LogP contribution in [-0.4, -0.2) is 20.3 Å². The lowest BCUT2D eigenvalue weighted by molar-refractivity contribution is 0.338. The van der Waals surface area contributed by atoms with E-state index in [1.807, 2.05) is 6.92 Å². The molecule has 6 heteroatoms. The smallest absolute Gasteiger partial charge is 0.235 e. The molecular formula is C11H16BrNO3S. The second-order valence-electron chi connectivity index (χ2n) is 3.77. The quantitative estimate of drug-likeness (QED) is 0.907. The summed E-state index contributed by atoms with van der Waals surface area (Å²) in [5, 5.41) is -0.465. The molecule has 0 heterocycles. The Morgan fingerprint density at radius 3 is 2.53 bits per heavy atom. The molecule has 0 atom stereocenters. The van der Waals surface area contributed by atoms with E-state index in [0.717, 1.165) is 4.47 Å². The van der Waals surface area contributed by atoms with Gasteiger partial charge in [-0.25, -0.2) is 8.42 Å². The summed E-state index contributed by atoms with van der Waals surface area (Å²) < 4.78 is 31.9. The fourth-order valence-corrected chi connectivity index (χ4v) is 2.30. The molecule has 0 aliphatic heterocycles. The molecule has 96 valence electrons. The Kier molecular flexibility index (Phi) is 4.82. The molecule has 4 nitrogen and oxygen atoms in total. The molecule has 1 aromatic rings. The van der Waals surface area contributed by atoms with Crippen LogP contribution in [0.4, 0.5) is 5.69 Å². The Morgan fingerprint density at radius 2 is 2.06 bits per heavy atom. The molecule has 1 aromatic carbocycles. The molecule has 0 aliphatic rings. The van der Waals surface area contributed by atoms with Gasteiger partial charge in [0.25, 0.3) is 0 Å². The van der Waals surface area contributed by atoms with Gasteiger partial charge in [0, 0.05) is 5.69 Å². The van der Waals surface area contributed by atoms with Crippen LogP contribution in [0.1, 0.15) is 20.8 Å². The van der Waals surface area contributed by atoms with E-state index in [9.17, 15) is 8.42 Å². The van der Waals surface area contributed by atoms with Crippen LogP contribution in [0.15, 0.2) is 22.7 Å². The molecule has 0 spiro atoms. The molecule has 1 rings (SSSR count). The highest BCUT2D eigenvalue weighted by Crippen LogP contribution is 2.28. The summed E-state index contributed by atoms with van der Waals surface area (Å²) in [5.41, 5.74) is 0.522. The zero-order chi connectivity index (χ0) is 13.1. The van der Waals surface area contributed by atoms with Gasteiger partial charge in [-0.05, 0) is 54.9 Å². The van der Waals surface area contributed by atoms with Gasteiger partial charge in [-0.2, -0.15) is 0 Å². The monoisotopic (exact) mass is 321 g/mol. The maximum absolute atomic E-state index is 11.7. The van der Waals surface area contributed by atoms with Crippen LogP contribution in [0.5, 0.6) is 5.75 Å². The second-order valence-corrected chi connectivity index (χ2v) is 6.87. The van der Waals surface area contributed by atoms with E-state index >= 15 is 0 Å². The molecule has 17 heavy (non-hydrogen) atoms. The van der Waals surface area contributed by atoms with Crippen molar-refractivity contribution in [2.75, 3.05) is 11.3 Å². The highest BCUT2D eigenvalue weighted by atomic mass is 79.9. The van der Waals surface area contributed by atoms with Crippen LogP contribution in [0.3, 0.4) is 0 Å². The largest absolute Gasteiger partial charge is 0.493 e. The average molecular weight is 322 g/mol. The molecule has 0 saturated carbocycles. The van der Waals surface area contributed by atoms with Gasteiger partial charge >= 0.3 is 0 Å². The van der Waals surface area contributed by atoms with Crippen molar-refractivity contribution in [3.63, 3.8) is 0 Å². The van der Waals surface area contributed by atoms with Crippen LogP contribution in [0.2, 0.25) is 0 Å². The maximum atomic E-state index is 11.7. The number of sulfonamides is 1. The van der Waals surface area contributed by atoms with Gasteiger partial charge in [-0.3, -0.25) is 4.72 Å². The van der Waals surface area contributed by atoms with Crippen LogP contribution < -0.4 is 9.46 Å². The molecule has 0 unspecified atom stereocenters. The Bertz CT molecular complexity index is 485. The minimum absolute atomic E-state index is 0.465. The third-order valence-electron chi connectivity index (χ3n) is 2.11. The van der Waals surface area contributed by atoms with Gasteiger partial charge in [0.15, 0.2) is 0 Å². The van der Waals surface area contributed by atoms with Crippen LogP contribution >= 0.6 is 15.9 Å². The van der Waals surface area contributed by atoms with Crippen molar-refractivity contribution in [2.24, 2.45) is 0 Å². The minimum atomic E-state index is -3.30. The highest BCUT2D eigenvalue weighted by molar-refractivity contribution is 9.10. The molecule has 0 radical (unpaired) electrons. The van der Waals surface area contributed by atoms with E-state index in [0.29, 0.717) is 18.0 Å². The number of anilines is 1. The van der Waals surface area contributed by atoms with Gasteiger partial charge in [-0.15, -0.1) is 0 Å². The van der Waals surface area contributed by atoms with Crippen LogP contribution in [0.25, 0.3) is 0 Å². The predicted octanol–water partition coefficient (Wildman–Crippen LogP) is 3.00. The Morgan fingerprint density at radius 1 is 1.41 bits per heavy atom. The van der Waals surface area contributed by atoms with E-state index < -0.39 is 15.3 Å². The summed E-state index contributed by atoms with van der Waals surface area (Å²) in [6, 6.07) is 5.09. The van der Waals surface area contributed by atoms with Crippen LogP contribution in [0, 0.1) is 0 Å². The van der Waals surface area contributed by atoms with Gasteiger partial charge in [0.1, 0.15) is 5.75 Å². The molecule has 0 aromatic heterocycles. The first-order valence-electron chi connectivity index (χ1n) is 5.30. The second kappa shape index (κ2) is 5.73. The summed E-state index contributed by atoms with van der Waals surface area (Å²) >= 11 is 3.33. The van der Waals surface area contributed by atoms with E-state index in [2.05, 4.69) is 20.7 Å². The molecule has 1 N–H and O–H groups in total. The van der Waals surface area contributed by atoms with Gasteiger partial charge in [-0.1, -0.05) is 0 Å². The molecule has 0 aliphatic carbocycles. The fourth-order valence-electron chi connectivity index (χ4n) is 1.12. The topological polar surface area (TPSA) is 55.4 Å². The standard InChI is InChI=1S/C11H16BrNO3S/c1-4-16-11-6-5-9(7-10(11)12)13-17(14,15)8(2)3/h5-8,13H,4H2,1-3H3. The van der Waals surface area contributed by atoms with Crippen molar-refractivity contribution in [1.29, 1.82) is 0 Å². The van der Waals surface area contributed by atoms with E-state index in [1.165, 1.54) is 0 Å². The van der Waals surface area contributed by atoms with E-state index in [4.69, 9.17) is 4.74 Å². The zero-order valence-electron chi connectivity index (χ0n) is 10.0. The predicted molar refractivity (Wildman–Crippen MR) is 73.0 cm³/mol.